The Labute approximate surface area is 225 Å². The number of carbonyl (C=O) groups excluding carboxylic acids is 1. The number of nitrogens with zero attached hydrogens (tertiary/aromatic N) is 2. The maximum atomic E-state index is 15.1. The van der Waals surface area contributed by atoms with Crippen molar-refractivity contribution in [1.29, 1.82) is 0 Å². The van der Waals surface area contributed by atoms with E-state index in [2.05, 4.69) is 19.6 Å². The summed E-state index contributed by atoms with van der Waals surface area (Å²) in [6.07, 6.45) is 0.309. The van der Waals surface area contributed by atoms with Gasteiger partial charge in [-0.3, -0.25) is 4.99 Å². The van der Waals surface area contributed by atoms with Crippen LogP contribution in [-0.4, -0.2) is 61.9 Å². The van der Waals surface area contributed by atoms with E-state index in [0.717, 1.165) is 35.0 Å². The molecule has 0 saturated heterocycles. The number of hydrogen-bond acceptors (Lipinski definition) is 7. The van der Waals surface area contributed by atoms with Gasteiger partial charge in [0.25, 0.3) is 0 Å². The lowest BCUT2D eigenvalue weighted by molar-refractivity contribution is 0.0108. The Morgan fingerprint density at radius 1 is 1.22 bits per heavy atom. The molecule has 37 heavy (non-hydrogen) atoms. The lowest BCUT2D eigenvalue weighted by Gasteiger charge is -2.47. The van der Waals surface area contributed by atoms with Crippen LogP contribution in [0.15, 0.2) is 23.2 Å². The molecule has 1 heterocycles. The van der Waals surface area contributed by atoms with Crippen LogP contribution in [0.3, 0.4) is 0 Å². The molecule has 0 spiro atoms. The van der Waals surface area contributed by atoms with Crippen LogP contribution < -0.4 is 0 Å². The summed E-state index contributed by atoms with van der Waals surface area (Å²) < 4.78 is 65.5. The highest BCUT2D eigenvalue weighted by Crippen LogP contribution is 2.53. The molecule has 0 aliphatic carbocycles. The van der Waals surface area contributed by atoms with E-state index < -0.39 is 56.8 Å². The summed E-state index contributed by atoms with van der Waals surface area (Å²) in [6.45, 7) is 16.6. The summed E-state index contributed by atoms with van der Waals surface area (Å²) >= 11 is 0.881. The van der Waals surface area contributed by atoms with Crippen LogP contribution in [-0.2, 0) is 24.8 Å². The molecule has 0 fully saturated rings. The average Bonchev–Trinajstić information content (AvgIpc) is 2.70. The first kappa shape index (κ1) is 31.7. The summed E-state index contributed by atoms with van der Waals surface area (Å²) in [4.78, 5) is 19.2. The van der Waals surface area contributed by atoms with Gasteiger partial charge in [0, 0.05) is 32.4 Å². The molecule has 0 saturated carbocycles. The van der Waals surface area contributed by atoms with Gasteiger partial charge in [0.05, 0.1) is 5.54 Å². The Hall–Kier alpha value is -1.50. The van der Waals surface area contributed by atoms with Crippen molar-refractivity contribution in [1.82, 2.24) is 4.90 Å². The SMILES string of the molecule is C[C@@H]1[C@@](C)(S(C)(=O)=O)SC(N(COCC[Si](C)(C)C)C(=O)OC(C)(C)C)=N[C@]1(C)c1cccc(F)c1F. The van der Waals surface area contributed by atoms with Crippen molar-refractivity contribution in [3.63, 3.8) is 0 Å². The summed E-state index contributed by atoms with van der Waals surface area (Å²) in [5, 5.41) is -0.000519. The maximum absolute atomic E-state index is 15.1. The van der Waals surface area contributed by atoms with Gasteiger partial charge in [0.2, 0.25) is 0 Å². The van der Waals surface area contributed by atoms with Crippen LogP contribution >= 0.6 is 11.8 Å². The fourth-order valence-electron chi connectivity index (χ4n) is 3.84. The van der Waals surface area contributed by atoms with Crippen molar-refractivity contribution in [3.8, 4) is 0 Å². The summed E-state index contributed by atoms with van der Waals surface area (Å²) in [7, 11) is -5.22. The lowest BCUT2D eigenvalue weighted by Crippen LogP contribution is -2.54. The van der Waals surface area contributed by atoms with Crippen molar-refractivity contribution in [3.05, 3.63) is 35.4 Å². The minimum atomic E-state index is -3.80. The minimum Gasteiger partial charge on any atom is -0.443 e. The number of carbonyl (C=O) groups is 1. The third-order valence-electron chi connectivity index (χ3n) is 6.55. The fourth-order valence-corrected chi connectivity index (χ4v) is 7.54. The van der Waals surface area contributed by atoms with Crippen LogP contribution in [0.5, 0.6) is 0 Å². The standard InChI is InChI=1S/C25H40F2N2O5S2Si/c1-17-24(5,18-12-11-13-19(26)20(18)27)28-21(35-25(17,6)36(7,31)32)29(22(30)34-23(2,3)4)16-33-14-15-37(8,9)10/h11-13,17H,14-16H2,1-10H3/t17-,24-,25+/m0/s1. The van der Waals surface area contributed by atoms with E-state index in [9.17, 15) is 17.6 Å². The average molecular weight is 579 g/mol. The van der Waals surface area contributed by atoms with Gasteiger partial charge >= 0.3 is 6.09 Å². The number of amides is 1. The van der Waals surface area contributed by atoms with Crippen LogP contribution in [0.25, 0.3) is 0 Å². The number of amidine groups is 1. The predicted molar refractivity (Wildman–Crippen MR) is 148 cm³/mol. The number of benzene rings is 1. The maximum Gasteiger partial charge on any atom is 0.418 e. The first-order chi connectivity index (χ1) is 16.6. The summed E-state index contributed by atoms with van der Waals surface area (Å²) in [5.41, 5.74) is -2.47. The van der Waals surface area contributed by atoms with E-state index >= 15 is 4.39 Å². The van der Waals surface area contributed by atoms with Gasteiger partial charge in [-0.15, -0.1) is 0 Å². The van der Waals surface area contributed by atoms with Crippen LogP contribution in [0, 0.1) is 17.6 Å². The van der Waals surface area contributed by atoms with Gasteiger partial charge in [0.1, 0.15) is 16.4 Å². The van der Waals surface area contributed by atoms with Crippen molar-refractivity contribution < 1.29 is 31.5 Å². The highest BCUT2D eigenvalue weighted by Gasteiger charge is 2.57. The normalized spacial score (nSPS) is 25.0. The Bertz CT molecular complexity index is 1150. The second-order valence-electron chi connectivity index (χ2n) is 12.0. The molecule has 1 aliphatic heterocycles. The summed E-state index contributed by atoms with van der Waals surface area (Å²) in [5.74, 6) is -2.98. The highest BCUT2D eigenvalue weighted by molar-refractivity contribution is 8.23. The Balaban J connectivity index is 2.69. The van der Waals surface area contributed by atoms with Crippen LogP contribution in [0.1, 0.15) is 47.1 Å². The highest BCUT2D eigenvalue weighted by atomic mass is 32.3. The Morgan fingerprint density at radius 3 is 2.32 bits per heavy atom. The largest absolute Gasteiger partial charge is 0.443 e. The molecule has 210 valence electrons. The number of halogens is 2. The second kappa shape index (κ2) is 10.9. The molecule has 1 amide bonds. The number of ether oxygens (including phenoxy) is 2. The second-order valence-corrected chi connectivity index (χ2v) is 21.7. The van der Waals surface area contributed by atoms with Crippen molar-refractivity contribution in [2.45, 2.75) is 82.4 Å². The zero-order valence-electron chi connectivity index (χ0n) is 23.4. The Kier molecular flexibility index (Phi) is 9.37. The van der Waals surface area contributed by atoms with Gasteiger partial charge in [-0.05, 0) is 46.7 Å². The van der Waals surface area contributed by atoms with E-state index in [1.54, 1.807) is 34.6 Å². The topological polar surface area (TPSA) is 85.3 Å². The monoisotopic (exact) mass is 578 g/mol. The molecule has 0 unspecified atom stereocenters. The van der Waals surface area contributed by atoms with Gasteiger partial charge in [-0.2, -0.15) is 0 Å². The molecule has 1 aromatic rings. The molecule has 3 atom stereocenters. The van der Waals surface area contributed by atoms with Crippen molar-refractivity contribution in [2.24, 2.45) is 10.9 Å². The molecule has 1 aliphatic rings. The summed E-state index contributed by atoms with van der Waals surface area (Å²) in [6, 6.07) is 4.58. The fraction of sp³-hybridized carbons (Fsp3) is 0.680. The Morgan fingerprint density at radius 2 is 1.81 bits per heavy atom. The first-order valence-electron chi connectivity index (χ1n) is 12.1. The molecule has 0 aromatic heterocycles. The number of aliphatic imine (C=N–C) groups is 1. The number of rotatable bonds is 7. The zero-order chi connectivity index (χ0) is 28.6. The van der Waals surface area contributed by atoms with Crippen LogP contribution in [0.4, 0.5) is 13.6 Å². The first-order valence-corrected chi connectivity index (χ1v) is 18.5. The molecule has 7 nitrogen and oxygen atoms in total. The minimum absolute atomic E-state index is 0.000519. The molecule has 1 aromatic carbocycles. The van der Waals surface area contributed by atoms with Gasteiger partial charge < -0.3 is 9.47 Å². The van der Waals surface area contributed by atoms with E-state index in [4.69, 9.17) is 14.5 Å². The molecule has 0 N–H and O–H groups in total. The number of thioether (sulfide) groups is 1. The van der Waals surface area contributed by atoms with E-state index in [1.807, 2.05) is 0 Å². The third-order valence-corrected chi connectivity index (χ3v) is 12.5. The lowest BCUT2D eigenvalue weighted by atomic mass is 9.78. The molecule has 2 rings (SSSR count). The molecular formula is C25H40F2N2O5S2Si. The van der Waals surface area contributed by atoms with Gasteiger partial charge in [-0.1, -0.05) is 50.5 Å². The smallest absolute Gasteiger partial charge is 0.418 e. The quantitative estimate of drug-likeness (QED) is 0.217. The van der Waals surface area contributed by atoms with Crippen molar-refractivity contribution >= 4 is 40.9 Å². The molecule has 12 heteroatoms. The zero-order valence-corrected chi connectivity index (χ0v) is 26.1. The third kappa shape index (κ3) is 7.33. The molecule has 0 radical (unpaired) electrons. The number of hydrogen-bond donors (Lipinski definition) is 0. The van der Waals surface area contributed by atoms with Gasteiger partial charge in [-0.25, -0.2) is 26.9 Å². The predicted octanol–water partition coefficient (Wildman–Crippen LogP) is 6.23. The van der Waals surface area contributed by atoms with E-state index in [-0.39, 0.29) is 17.5 Å². The van der Waals surface area contributed by atoms with E-state index in [1.165, 1.54) is 19.1 Å². The van der Waals surface area contributed by atoms with E-state index in [0.29, 0.717) is 6.61 Å². The molecule has 0 bridgehead atoms. The van der Waals surface area contributed by atoms with Crippen molar-refractivity contribution in [2.75, 3.05) is 19.6 Å². The number of sulfone groups is 1. The van der Waals surface area contributed by atoms with Crippen LogP contribution in [0.2, 0.25) is 25.7 Å². The molecular weight excluding hydrogens is 539 g/mol. The van der Waals surface area contributed by atoms with Gasteiger partial charge in [0.15, 0.2) is 26.6 Å².